The van der Waals surface area contributed by atoms with Crippen LogP contribution < -0.4 is 20.1 Å². The van der Waals surface area contributed by atoms with E-state index in [1.807, 2.05) is 18.2 Å². The second-order valence-corrected chi connectivity index (χ2v) is 6.16. The van der Waals surface area contributed by atoms with Gasteiger partial charge in [0.15, 0.2) is 17.2 Å². The summed E-state index contributed by atoms with van der Waals surface area (Å²) in [6.07, 6.45) is 0. The Bertz CT molecular complexity index is 963. The van der Waals surface area contributed by atoms with Gasteiger partial charge in [-0.1, -0.05) is 18.2 Å². The van der Waals surface area contributed by atoms with E-state index in [1.54, 1.807) is 38.5 Å². The highest BCUT2D eigenvalue weighted by Gasteiger charge is 2.09. The topological polar surface area (TPSA) is 85.4 Å². The molecule has 2 aromatic carbocycles. The number of hydrogen-bond acceptors (Lipinski definition) is 6. The SMILES string of the molecule is COc1ccc(CNc2ccc(C(=O)NCc3ccc(F)cc3)nn2)cc1OC. The molecule has 0 radical (unpaired) electrons. The van der Waals surface area contributed by atoms with Gasteiger partial charge < -0.3 is 20.1 Å². The number of nitrogens with one attached hydrogen (secondary N) is 2. The standard InChI is InChI=1S/C21H21FN4O3/c1-28-18-9-5-15(11-19(18)29-2)13-23-20-10-8-17(25-26-20)21(27)24-12-14-3-6-16(22)7-4-14/h3-11H,12-13H2,1-2H3,(H,23,26)(H,24,27). The van der Waals surface area contributed by atoms with E-state index in [9.17, 15) is 9.18 Å². The smallest absolute Gasteiger partial charge is 0.272 e. The van der Waals surface area contributed by atoms with Crippen LogP contribution in [0.4, 0.5) is 10.2 Å². The number of methoxy groups -OCH3 is 2. The summed E-state index contributed by atoms with van der Waals surface area (Å²) >= 11 is 0. The minimum atomic E-state index is -0.353. The molecule has 3 rings (SSSR count). The van der Waals surface area contributed by atoms with E-state index in [-0.39, 0.29) is 24.0 Å². The molecule has 0 atom stereocenters. The van der Waals surface area contributed by atoms with E-state index in [2.05, 4.69) is 20.8 Å². The van der Waals surface area contributed by atoms with Crippen LogP contribution in [0.2, 0.25) is 0 Å². The number of halogens is 1. The molecule has 1 aromatic heterocycles. The average molecular weight is 396 g/mol. The van der Waals surface area contributed by atoms with Gasteiger partial charge in [-0.3, -0.25) is 4.79 Å². The lowest BCUT2D eigenvalue weighted by molar-refractivity contribution is 0.0945. The fourth-order valence-electron chi connectivity index (χ4n) is 2.61. The molecule has 0 bridgehead atoms. The largest absolute Gasteiger partial charge is 0.493 e. The lowest BCUT2D eigenvalue weighted by Crippen LogP contribution is -2.24. The quantitative estimate of drug-likeness (QED) is 0.608. The molecule has 0 saturated heterocycles. The second kappa shape index (κ2) is 9.50. The molecule has 7 nitrogen and oxygen atoms in total. The second-order valence-electron chi connectivity index (χ2n) is 6.16. The van der Waals surface area contributed by atoms with E-state index >= 15 is 0 Å². The number of ether oxygens (including phenoxy) is 2. The molecule has 0 spiro atoms. The van der Waals surface area contributed by atoms with Gasteiger partial charge in [-0.2, -0.15) is 0 Å². The lowest BCUT2D eigenvalue weighted by atomic mass is 10.2. The molecule has 0 aliphatic rings. The van der Waals surface area contributed by atoms with Crippen LogP contribution in [0.5, 0.6) is 11.5 Å². The summed E-state index contributed by atoms with van der Waals surface area (Å²) in [5.41, 5.74) is 1.97. The monoisotopic (exact) mass is 396 g/mol. The normalized spacial score (nSPS) is 10.3. The molecule has 0 fully saturated rings. The summed E-state index contributed by atoms with van der Waals surface area (Å²) in [6.45, 7) is 0.783. The summed E-state index contributed by atoms with van der Waals surface area (Å²) in [5, 5.41) is 13.8. The van der Waals surface area contributed by atoms with E-state index in [0.29, 0.717) is 23.9 Å². The van der Waals surface area contributed by atoms with Gasteiger partial charge in [0.1, 0.15) is 11.6 Å². The molecule has 3 aromatic rings. The van der Waals surface area contributed by atoms with Crippen molar-refractivity contribution in [2.75, 3.05) is 19.5 Å². The van der Waals surface area contributed by atoms with E-state index in [0.717, 1.165) is 11.1 Å². The third-order valence-corrected chi connectivity index (χ3v) is 4.19. The molecule has 2 N–H and O–H groups in total. The van der Waals surface area contributed by atoms with Gasteiger partial charge in [-0.05, 0) is 47.5 Å². The minimum Gasteiger partial charge on any atom is -0.493 e. The van der Waals surface area contributed by atoms with Crippen LogP contribution in [0.15, 0.2) is 54.6 Å². The Balaban J connectivity index is 1.54. The molecule has 0 aliphatic heterocycles. The van der Waals surface area contributed by atoms with Crippen molar-refractivity contribution in [3.8, 4) is 11.5 Å². The molecule has 0 aliphatic carbocycles. The maximum absolute atomic E-state index is 12.9. The molecule has 8 heteroatoms. The van der Waals surface area contributed by atoms with Gasteiger partial charge in [-0.15, -0.1) is 10.2 Å². The molecule has 29 heavy (non-hydrogen) atoms. The van der Waals surface area contributed by atoms with Gasteiger partial charge in [0, 0.05) is 13.1 Å². The van der Waals surface area contributed by atoms with Crippen LogP contribution >= 0.6 is 0 Å². The van der Waals surface area contributed by atoms with Crippen LogP contribution in [0.3, 0.4) is 0 Å². The van der Waals surface area contributed by atoms with Crippen molar-refractivity contribution >= 4 is 11.7 Å². The number of carbonyl (C=O) groups is 1. The van der Waals surface area contributed by atoms with Gasteiger partial charge in [0.25, 0.3) is 5.91 Å². The Labute approximate surface area is 167 Å². The first-order valence-electron chi connectivity index (χ1n) is 8.90. The van der Waals surface area contributed by atoms with Gasteiger partial charge >= 0.3 is 0 Å². The molecule has 0 unspecified atom stereocenters. The van der Waals surface area contributed by atoms with Gasteiger partial charge in [0.05, 0.1) is 14.2 Å². The highest BCUT2D eigenvalue weighted by atomic mass is 19.1. The van der Waals surface area contributed by atoms with Crippen molar-refractivity contribution in [3.05, 3.63) is 77.2 Å². The molecular weight excluding hydrogens is 375 g/mol. The van der Waals surface area contributed by atoms with Gasteiger partial charge in [0.2, 0.25) is 0 Å². The first-order chi connectivity index (χ1) is 14.1. The van der Waals surface area contributed by atoms with E-state index in [1.165, 1.54) is 12.1 Å². The Morgan fingerprint density at radius 1 is 0.897 bits per heavy atom. The summed E-state index contributed by atoms with van der Waals surface area (Å²) in [4.78, 5) is 12.2. The predicted octanol–water partition coefficient (Wildman–Crippen LogP) is 3.18. The molecule has 1 amide bonds. The number of aromatic nitrogens is 2. The third-order valence-electron chi connectivity index (χ3n) is 4.19. The molecule has 150 valence electrons. The number of amides is 1. The van der Waals surface area contributed by atoms with Crippen molar-refractivity contribution in [2.45, 2.75) is 13.1 Å². The van der Waals surface area contributed by atoms with Crippen LogP contribution in [-0.2, 0) is 13.1 Å². The zero-order valence-corrected chi connectivity index (χ0v) is 16.1. The summed E-state index contributed by atoms with van der Waals surface area (Å²) in [5.74, 6) is 1.17. The Kier molecular flexibility index (Phi) is 6.57. The van der Waals surface area contributed by atoms with E-state index in [4.69, 9.17) is 9.47 Å². The van der Waals surface area contributed by atoms with Crippen molar-refractivity contribution in [3.63, 3.8) is 0 Å². The minimum absolute atomic E-state index is 0.198. The number of rotatable bonds is 8. The molecule has 1 heterocycles. The molecular formula is C21H21FN4O3. The van der Waals surface area contributed by atoms with Crippen LogP contribution in [0.25, 0.3) is 0 Å². The van der Waals surface area contributed by atoms with Gasteiger partial charge in [-0.25, -0.2) is 4.39 Å². The van der Waals surface area contributed by atoms with Crippen molar-refractivity contribution < 1.29 is 18.7 Å². The number of hydrogen-bond donors (Lipinski definition) is 2. The Morgan fingerprint density at radius 3 is 2.28 bits per heavy atom. The molecule has 0 saturated carbocycles. The Hall–Kier alpha value is -3.68. The number of benzene rings is 2. The maximum Gasteiger partial charge on any atom is 0.272 e. The van der Waals surface area contributed by atoms with Crippen LogP contribution in [0, 0.1) is 5.82 Å². The fraction of sp³-hybridized carbons (Fsp3) is 0.190. The highest BCUT2D eigenvalue weighted by molar-refractivity contribution is 5.92. The fourth-order valence-corrected chi connectivity index (χ4v) is 2.61. The average Bonchev–Trinajstić information content (AvgIpc) is 2.77. The zero-order chi connectivity index (χ0) is 20.6. The zero-order valence-electron chi connectivity index (χ0n) is 16.1. The van der Waals surface area contributed by atoms with E-state index < -0.39 is 0 Å². The number of nitrogens with zero attached hydrogens (tertiary/aromatic N) is 2. The first kappa shape index (κ1) is 20.1. The van der Waals surface area contributed by atoms with Crippen LogP contribution in [0.1, 0.15) is 21.6 Å². The summed E-state index contributed by atoms with van der Waals surface area (Å²) in [7, 11) is 3.17. The first-order valence-corrected chi connectivity index (χ1v) is 8.90. The summed E-state index contributed by atoms with van der Waals surface area (Å²) in [6, 6.07) is 14.8. The van der Waals surface area contributed by atoms with Crippen molar-refractivity contribution in [1.82, 2.24) is 15.5 Å². The summed E-state index contributed by atoms with van der Waals surface area (Å²) < 4.78 is 23.4. The predicted molar refractivity (Wildman–Crippen MR) is 106 cm³/mol. The third kappa shape index (κ3) is 5.41. The number of carbonyl (C=O) groups excluding carboxylic acids is 1. The van der Waals surface area contributed by atoms with Crippen molar-refractivity contribution in [1.29, 1.82) is 0 Å². The Morgan fingerprint density at radius 2 is 1.62 bits per heavy atom. The lowest BCUT2D eigenvalue weighted by Gasteiger charge is -2.10. The highest BCUT2D eigenvalue weighted by Crippen LogP contribution is 2.27. The van der Waals surface area contributed by atoms with Crippen LogP contribution in [-0.4, -0.2) is 30.3 Å². The maximum atomic E-state index is 12.9. The van der Waals surface area contributed by atoms with Crippen molar-refractivity contribution in [2.24, 2.45) is 0 Å². The number of anilines is 1.